The van der Waals surface area contributed by atoms with Crippen molar-refractivity contribution < 1.29 is 19.1 Å². The van der Waals surface area contributed by atoms with Crippen LogP contribution in [0.2, 0.25) is 5.02 Å². The zero-order chi connectivity index (χ0) is 16.4. The van der Waals surface area contributed by atoms with Gasteiger partial charge in [-0.25, -0.2) is 0 Å². The maximum atomic E-state index is 11.9. The summed E-state index contributed by atoms with van der Waals surface area (Å²) in [5, 5.41) is 5.50. The lowest BCUT2D eigenvalue weighted by Gasteiger charge is -2.08. The third-order valence-corrected chi connectivity index (χ3v) is 3.67. The number of rotatable bonds is 2. The summed E-state index contributed by atoms with van der Waals surface area (Å²) in [7, 11) is 0. The second kappa shape index (κ2) is 6.18. The van der Waals surface area contributed by atoms with Crippen LogP contribution < -0.4 is 20.1 Å². The summed E-state index contributed by atoms with van der Waals surface area (Å²) in [6, 6.07) is 9.90. The summed E-state index contributed by atoms with van der Waals surface area (Å²) < 4.78 is 10.4. The van der Waals surface area contributed by atoms with Gasteiger partial charge in [-0.2, -0.15) is 0 Å². The summed E-state index contributed by atoms with van der Waals surface area (Å²) in [4.78, 5) is 23.9. The molecule has 3 rings (SSSR count). The van der Waals surface area contributed by atoms with Gasteiger partial charge >= 0.3 is 11.8 Å². The molecule has 0 radical (unpaired) electrons. The van der Waals surface area contributed by atoms with E-state index >= 15 is 0 Å². The minimum absolute atomic E-state index is 0.140. The fourth-order valence-corrected chi connectivity index (χ4v) is 2.20. The molecule has 0 saturated carbocycles. The molecule has 2 aromatic rings. The maximum absolute atomic E-state index is 11.9. The highest BCUT2D eigenvalue weighted by Crippen LogP contribution is 2.34. The first-order chi connectivity index (χ1) is 11.0. The number of hydrogen-bond acceptors (Lipinski definition) is 4. The summed E-state index contributed by atoms with van der Waals surface area (Å²) in [5.41, 5.74) is 1.78. The Morgan fingerprint density at radius 3 is 2.26 bits per heavy atom. The van der Waals surface area contributed by atoms with E-state index in [-0.39, 0.29) is 6.79 Å². The molecule has 6 nitrogen and oxygen atoms in total. The van der Waals surface area contributed by atoms with E-state index in [1.54, 1.807) is 36.4 Å². The van der Waals surface area contributed by atoms with Crippen molar-refractivity contribution in [2.75, 3.05) is 17.4 Å². The number of carbonyl (C=O) groups is 2. The van der Waals surface area contributed by atoms with Crippen molar-refractivity contribution in [2.45, 2.75) is 6.92 Å². The van der Waals surface area contributed by atoms with Crippen molar-refractivity contribution in [3.63, 3.8) is 0 Å². The molecule has 0 unspecified atom stereocenters. The number of ether oxygens (including phenoxy) is 2. The van der Waals surface area contributed by atoms with Crippen LogP contribution in [0.15, 0.2) is 36.4 Å². The Morgan fingerprint density at radius 2 is 1.57 bits per heavy atom. The van der Waals surface area contributed by atoms with Crippen molar-refractivity contribution in [1.29, 1.82) is 0 Å². The van der Waals surface area contributed by atoms with Crippen LogP contribution in [-0.4, -0.2) is 18.6 Å². The van der Waals surface area contributed by atoms with Gasteiger partial charge in [0, 0.05) is 22.5 Å². The predicted octanol–water partition coefficient (Wildman–Crippen LogP) is 2.95. The van der Waals surface area contributed by atoms with E-state index in [0.29, 0.717) is 27.9 Å². The van der Waals surface area contributed by atoms with Crippen LogP contribution in [0.5, 0.6) is 11.5 Å². The fourth-order valence-electron chi connectivity index (χ4n) is 2.02. The second-order valence-electron chi connectivity index (χ2n) is 4.94. The van der Waals surface area contributed by atoms with Crippen molar-refractivity contribution in [3.8, 4) is 11.5 Å². The van der Waals surface area contributed by atoms with E-state index in [2.05, 4.69) is 10.6 Å². The number of amides is 2. The number of benzene rings is 2. The molecule has 0 aliphatic carbocycles. The van der Waals surface area contributed by atoms with Gasteiger partial charge in [-0.15, -0.1) is 0 Å². The lowest BCUT2D eigenvalue weighted by molar-refractivity contribution is -0.132. The molecule has 2 aromatic carbocycles. The number of aryl methyl sites for hydroxylation is 1. The van der Waals surface area contributed by atoms with E-state index in [0.717, 1.165) is 5.56 Å². The molecular weight excluding hydrogens is 320 g/mol. The van der Waals surface area contributed by atoms with Crippen LogP contribution >= 0.6 is 11.6 Å². The van der Waals surface area contributed by atoms with Crippen LogP contribution in [0.25, 0.3) is 0 Å². The van der Waals surface area contributed by atoms with E-state index in [1.807, 2.05) is 6.92 Å². The smallest absolute Gasteiger partial charge is 0.314 e. The molecule has 2 N–H and O–H groups in total. The summed E-state index contributed by atoms with van der Waals surface area (Å²) >= 11 is 5.98. The SMILES string of the molecule is Cc1ccc(NC(=O)C(=O)Nc2ccc3c(c2)OCO3)cc1Cl. The molecule has 0 spiro atoms. The Labute approximate surface area is 137 Å². The molecular formula is C16H13ClN2O4. The van der Waals surface area contributed by atoms with Crippen molar-refractivity contribution in [3.05, 3.63) is 47.0 Å². The van der Waals surface area contributed by atoms with Gasteiger partial charge in [0.15, 0.2) is 11.5 Å². The van der Waals surface area contributed by atoms with Crippen LogP contribution in [0.4, 0.5) is 11.4 Å². The zero-order valence-electron chi connectivity index (χ0n) is 12.2. The Morgan fingerprint density at radius 1 is 0.957 bits per heavy atom. The zero-order valence-corrected chi connectivity index (χ0v) is 12.9. The highest BCUT2D eigenvalue weighted by atomic mass is 35.5. The highest BCUT2D eigenvalue weighted by Gasteiger charge is 2.17. The molecule has 2 amide bonds. The molecule has 118 valence electrons. The first-order valence-corrected chi connectivity index (χ1v) is 7.19. The number of anilines is 2. The third kappa shape index (κ3) is 3.37. The van der Waals surface area contributed by atoms with Crippen LogP contribution in [0.3, 0.4) is 0 Å². The standard InChI is InChI=1S/C16H13ClN2O4/c1-9-2-3-10(6-12(9)17)18-15(20)16(21)19-11-4-5-13-14(7-11)23-8-22-13/h2-7H,8H2,1H3,(H,18,20)(H,19,21). The number of hydrogen-bond donors (Lipinski definition) is 2. The van der Waals surface area contributed by atoms with Gasteiger partial charge in [-0.1, -0.05) is 17.7 Å². The first-order valence-electron chi connectivity index (χ1n) is 6.81. The first kappa shape index (κ1) is 15.2. The maximum Gasteiger partial charge on any atom is 0.314 e. The van der Waals surface area contributed by atoms with Gasteiger partial charge in [0.05, 0.1) is 0 Å². The molecule has 7 heteroatoms. The average molecular weight is 333 g/mol. The van der Waals surface area contributed by atoms with Gasteiger partial charge in [0.1, 0.15) is 0 Å². The number of nitrogens with one attached hydrogen (secondary N) is 2. The summed E-state index contributed by atoms with van der Waals surface area (Å²) in [5.74, 6) is -0.460. The largest absolute Gasteiger partial charge is 0.454 e. The number of halogens is 1. The Balaban J connectivity index is 1.65. The molecule has 0 fully saturated rings. The van der Waals surface area contributed by atoms with Crippen LogP contribution in [-0.2, 0) is 9.59 Å². The summed E-state index contributed by atoms with van der Waals surface area (Å²) in [6.07, 6.45) is 0. The number of carbonyl (C=O) groups excluding carboxylic acids is 2. The molecule has 0 bridgehead atoms. The van der Waals surface area contributed by atoms with E-state index in [9.17, 15) is 9.59 Å². The van der Waals surface area contributed by atoms with Gasteiger partial charge in [0.25, 0.3) is 0 Å². The third-order valence-electron chi connectivity index (χ3n) is 3.27. The minimum atomic E-state index is -0.791. The molecule has 1 aliphatic rings. The van der Waals surface area contributed by atoms with Gasteiger partial charge in [-0.3, -0.25) is 9.59 Å². The van der Waals surface area contributed by atoms with Crippen molar-refractivity contribution >= 4 is 34.8 Å². The van der Waals surface area contributed by atoms with Crippen LogP contribution in [0.1, 0.15) is 5.56 Å². The van der Waals surface area contributed by atoms with Gasteiger partial charge in [0.2, 0.25) is 6.79 Å². The van der Waals surface area contributed by atoms with E-state index in [4.69, 9.17) is 21.1 Å². The molecule has 1 heterocycles. The Bertz CT molecular complexity index is 792. The molecule has 0 atom stereocenters. The monoisotopic (exact) mass is 332 g/mol. The Hall–Kier alpha value is -2.73. The quantitative estimate of drug-likeness (QED) is 0.829. The lowest BCUT2D eigenvalue weighted by atomic mass is 10.2. The van der Waals surface area contributed by atoms with Crippen LogP contribution in [0, 0.1) is 6.92 Å². The number of fused-ring (bicyclic) bond motifs is 1. The minimum Gasteiger partial charge on any atom is -0.454 e. The lowest BCUT2D eigenvalue weighted by Crippen LogP contribution is -2.29. The van der Waals surface area contributed by atoms with Gasteiger partial charge in [-0.05, 0) is 36.8 Å². The van der Waals surface area contributed by atoms with E-state index < -0.39 is 11.8 Å². The average Bonchev–Trinajstić information content (AvgIpc) is 2.98. The molecule has 0 saturated heterocycles. The topological polar surface area (TPSA) is 76.7 Å². The molecule has 0 aromatic heterocycles. The molecule has 23 heavy (non-hydrogen) atoms. The fraction of sp³-hybridized carbons (Fsp3) is 0.125. The highest BCUT2D eigenvalue weighted by molar-refractivity contribution is 6.43. The Kier molecular flexibility index (Phi) is 4.08. The van der Waals surface area contributed by atoms with E-state index in [1.165, 1.54) is 0 Å². The molecule has 1 aliphatic heterocycles. The van der Waals surface area contributed by atoms with Gasteiger partial charge < -0.3 is 20.1 Å². The predicted molar refractivity (Wildman–Crippen MR) is 86.0 cm³/mol. The normalized spacial score (nSPS) is 11.9. The second-order valence-corrected chi connectivity index (χ2v) is 5.35. The van der Waals surface area contributed by atoms with Crippen molar-refractivity contribution in [1.82, 2.24) is 0 Å². The van der Waals surface area contributed by atoms with Crippen molar-refractivity contribution in [2.24, 2.45) is 0 Å². The summed E-state index contributed by atoms with van der Waals surface area (Å²) in [6.45, 7) is 1.99.